The summed E-state index contributed by atoms with van der Waals surface area (Å²) in [4.78, 5) is 15.3. The van der Waals surface area contributed by atoms with E-state index in [1.54, 1.807) is 6.20 Å². The number of nitrogens with one attached hydrogen (secondary N) is 1. The summed E-state index contributed by atoms with van der Waals surface area (Å²) in [6.07, 6.45) is 1.69. The lowest BCUT2D eigenvalue weighted by Crippen LogP contribution is -2.27. The van der Waals surface area contributed by atoms with Gasteiger partial charge in [-0.2, -0.15) is 4.68 Å². The van der Waals surface area contributed by atoms with Gasteiger partial charge in [-0.15, -0.1) is 5.10 Å². The Morgan fingerprint density at radius 1 is 1.45 bits per heavy atom. The molecule has 0 unspecified atom stereocenters. The van der Waals surface area contributed by atoms with E-state index in [0.29, 0.717) is 17.3 Å². The van der Waals surface area contributed by atoms with E-state index in [4.69, 9.17) is 4.74 Å². The minimum atomic E-state index is -0.394. The molecule has 0 radical (unpaired) electrons. The van der Waals surface area contributed by atoms with Crippen molar-refractivity contribution in [3.63, 3.8) is 0 Å². The monoisotopic (exact) mass is 368 g/mol. The van der Waals surface area contributed by atoms with E-state index in [9.17, 15) is 4.79 Å². The lowest BCUT2D eigenvalue weighted by atomic mass is 10.1. The van der Waals surface area contributed by atoms with Crippen molar-refractivity contribution < 1.29 is 9.53 Å². The van der Waals surface area contributed by atoms with Crippen LogP contribution in [0.4, 0.5) is 5.82 Å². The van der Waals surface area contributed by atoms with Crippen molar-refractivity contribution in [1.82, 2.24) is 25.2 Å². The van der Waals surface area contributed by atoms with E-state index < -0.39 is 5.97 Å². The van der Waals surface area contributed by atoms with Crippen molar-refractivity contribution >= 4 is 27.7 Å². The molecule has 0 fully saturated rings. The molecule has 9 heteroatoms. The Hall–Kier alpha value is -2.03. The number of anilines is 1. The maximum absolute atomic E-state index is 11.0. The third kappa shape index (κ3) is 4.23. The highest BCUT2D eigenvalue weighted by atomic mass is 79.9. The summed E-state index contributed by atoms with van der Waals surface area (Å²) < 4.78 is 7.25. The van der Waals surface area contributed by atoms with E-state index in [-0.39, 0.29) is 12.1 Å². The number of nitrogens with zero attached hydrogens (tertiary/aromatic N) is 5. The number of hydrogen-bond acceptors (Lipinski definition) is 7. The molecule has 0 bridgehead atoms. The molecule has 0 aliphatic heterocycles. The van der Waals surface area contributed by atoms with Crippen molar-refractivity contribution in [3.05, 3.63) is 22.6 Å². The van der Waals surface area contributed by atoms with Crippen LogP contribution in [0.3, 0.4) is 0 Å². The average Bonchev–Trinajstić information content (AvgIpc) is 2.85. The molecule has 0 aliphatic carbocycles. The molecule has 2 aromatic heterocycles. The minimum absolute atomic E-state index is 0.0101. The van der Waals surface area contributed by atoms with Crippen molar-refractivity contribution in [2.75, 3.05) is 5.32 Å². The number of pyridine rings is 1. The van der Waals surface area contributed by atoms with Crippen LogP contribution in [0, 0.1) is 0 Å². The summed E-state index contributed by atoms with van der Waals surface area (Å²) in [6, 6.07) is 1.84. The lowest BCUT2D eigenvalue weighted by Gasteiger charge is -2.23. The van der Waals surface area contributed by atoms with Gasteiger partial charge in [0.25, 0.3) is 0 Å². The summed E-state index contributed by atoms with van der Waals surface area (Å²) in [5, 5.41) is 14.8. The zero-order chi connectivity index (χ0) is 16.3. The largest absolute Gasteiger partial charge is 0.458 e. The van der Waals surface area contributed by atoms with Crippen molar-refractivity contribution in [2.45, 2.75) is 39.8 Å². The number of tetrazole rings is 1. The second-order valence-corrected chi connectivity index (χ2v) is 6.60. The maximum Gasteiger partial charge on any atom is 0.303 e. The number of hydrogen-bond donors (Lipinski definition) is 1. The van der Waals surface area contributed by atoms with Gasteiger partial charge in [0, 0.05) is 23.1 Å². The number of esters is 1. The minimum Gasteiger partial charge on any atom is -0.458 e. The number of carbonyl (C=O) groups excluding carboxylic acids is 1. The SMILES string of the molecule is CC(=O)OCc1nnnn1-c1cc(Br)cnc1NC(C)(C)C. The molecule has 8 nitrogen and oxygen atoms in total. The first-order valence-corrected chi connectivity index (χ1v) is 7.40. The van der Waals surface area contributed by atoms with Crippen LogP contribution in [-0.2, 0) is 16.1 Å². The Morgan fingerprint density at radius 2 is 2.18 bits per heavy atom. The fourth-order valence-corrected chi connectivity index (χ4v) is 2.01. The summed E-state index contributed by atoms with van der Waals surface area (Å²) >= 11 is 3.39. The van der Waals surface area contributed by atoms with Crippen LogP contribution in [0.25, 0.3) is 5.69 Å². The fraction of sp³-hybridized carbons (Fsp3) is 0.462. The number of ether oxygens (including phenoxy) is 1. The van der Waals surface area contributed by atoms with Crippen molar-refractivity contribution in [1.29, 1.82) is 0 Å². The predicted octanol–water partition coefficient (Wildman–Crippen LogP) is 2.09. The summed E-state index contributed by atoms with van der Waals surface area (Å²) in [5.74, 6) is 0.647. The van der Waals surface area contributed by atoms with Crippen LogP contribution in [0.5, 0.6) is 0 Å². The smallest absolute Gasteiger partial charge is 0.303 e. The molecular weight excluding hydrogens is 352 g/mol. The zero-order valence-corrected chi connectivity index (χ0v) is 14.4. The number of halogens is 1. The van der Waals surface area contributed by atoms with Crippen LogP contribution >= 0.6 is 15.9 Å². The number of rotatable bonds is 4. The molecule has 1 N–H and O–H groups in total. The van der Waals surface area contributed by atoms with Crippen molar-refractivity contribution in [2.24, 2.45) is 0 Å². The zero-order valence-electron chi connectivity index (χ0n) is 12.8. The Morgan fingerprint density at radius 3 is 2.82 bits per heavy atom. The topological polar surface area (TPSA) is 94.8 Å². The van der Waals surface area contributed by atoms with E-state index >= 15 is 0 Å². The van der Waals surface area contributed by atoms with E-state index in [1.165, 1.54) is 11.6 Å². The Balaban J connectivity index is 2.41. The maximum atomic E-state index is 11.0. The standard InChI is InChI=1S/C13H17BrN6O2/c1-8(21)22-7-11-17-18-19-20(11)10-5-9(14)6-15-12(10)16-13(2,3)4/h5-6H,7H2,1-4H3,(H,15,16). The first kappa shape index (κ1) is 16.3. The molecule has 2 rings (SSSR count). The van der Waals surface area contributed by atoms with E-state index in [1.807, 2.05) is 26.8 Å². The van der Waals surface area contributed by atoms with E-state index in [0.717, 1.165) is 4.47 Å². The molecule has 2 aromatic rings. The number of aromatic nitrogens is 5. The molecule has 0 amide bonds. The van der Waals surface area contributed by atoms with Crippen LogP contribution in [-0.4, -0.2) is 36.7 Å². The fourth-order valence-electron chi connectivity index (χ4n) is 1.69. The molecule has 0 saturated heterocycles. The molecular formula is C13H17BrN6O2. The third-order valence-electron chi connectivity index (χ3n) is 2.49. The molecule has 0 spiro atoms. The van der Waals surface area contributed by atoms with Crippen LogP contribution < -0.4 is 5.32 Å². The average molecular weight is 369 g/mol. The Labute approximate surface area is 136 Å². The van der Waals surface area contributed by atoms with Crippen molar-refractivity contribution in [3.8, 4) is 5.69 Å². The Bertz CT molecular complexity index is 679. The summed E-state index contributed by atoms with van der Waals surface area (Å²) in [5.41, 5.74) is 0.482. The molecule has 0 atom stereocenters. The quantitative estimate of drug-likeness (QED) is 0.825. The summed E-state index contributed by atoms with van der Waals surface area (Å²) in [7, 11) is 0. The third-order valence-corrected chi connectivity index (χ3v) is 2.93. The highest BCUT2D eigenvalue weighted by Crippen LogP contribution is 2.24. The van der Waals surface area contributed by atoms with Gasteiger partial charge in [-0.05, 0) is 53.2 Å². The van der Waals surface area contributed by atoms with Gasteiger partial charge in [0.15, 0.2) is 18.2 Å². The van der Waals surface area contributed by atoms with Gasteiger partial charge >= 0.3 is 5.97 Å². The first-order chi connectivity index (χ1) is 10.3. The van der Waals surface area contributed by atoms with Gasteiger partial charge in [-0.1, -0.05) is 0 Å². The highest BCUT2D eigenvalue weighted by Gasteiger charge is 2.18. The number of carbonyl (C=O) groups is 1. The van der Waals surface area contributed by atoms with Gasteiger partial charge in [0.2, 0.25) is 0 Å². The molecule has 0 saturated carbocycles. The molecule has 0 aliphatic rings. The predicted molar refractivity (Wildman–Crippen MR) is 83.5 cm³/mol. The molecule has 22 heavy (non-hydrogen) atoms. The Kier molecular flexibility index (Phi) is 4.74. The van der Waals surface area contributed by atoms with Gasteiger partial charge < -0.3 is 10.1 Å². The second-order valence-electron chi connectivity index (χ2n) is 5.68. The highest BCUT2D eigenvalue weighted by molar-refractivity contribution is 9.10. The van der Waals surface area contributed by atoms with Gasteiger partial charge in [0.05, 0.1) is 0 Å². The van der Waals surface area contributed by atoms with E-state index in [2.05, 4.69) is 41.8 Å². The van der Waals surface area contributed by atoms with Gasteiger partial charge in [-0.3, -0.25) is 4.79 Å². The normalized spacial score (nSPS) is 11.3. The van der Waals surface area contributed by atoms with Crippen LogP contribution in [0.1, 0.15) is 33.5 Å². The van der Waals surface area contributed by atoms with Gasteiger partial charge in [0.1, 0.15) is 5.69 Å². The van der Waals surface area contributed by atoms with Crippen LogP contribution in [0.15, 0.2) is 16.7 Å². The van der Waals surface area contributed by atoms with Crippen LogP contribution in [0.2, 0.25) is 0 Å². The second kappa shape index (κ2) is 6.39. The lowest BCUT2D eigenvalue weighted by molar-refractivity contribution is -0.142. The van der Waals surface area contributed by atoms with Gasteiger partial charge in [-0.25, -0.2) is 4.98 Å². The first-order valence-electron chi connectivity index (χ1n) is 6.61. The summed E-state index contributed by atoms with van der Waals surface area (Å²) in [6.45, 7) is 7.41. The molecule has 0 aromatic carbocycles. The molecule has 2 heterocycles. The molecule has 118 valence electrons.